The molecule has 21 heavy (non-hydrogen) atoms. The molecule has 0 radical (unpaired) electrons. The zero-order valence-corrected chi connectivity index (χ0v) is 10.2. The Balaban J connectivity index is 2.60. The number of rotatable bonds is 3. The molecule has 0 fully saturated rings. The van der Waals surface area contributed by atoms with Gasteiger partial charge in [-0.1, -0.05) is 6.07 Å². The van der Waals surface area contributed by atoms with Crippen molar-refractivity contribution in [3.05, 3.63) is 24.0 Å². The Morgan fingerprint density at radius 3 is 2.19 bits per heavy atom. The maximum Gasteiger partial charge on any atom is 0.460 e. The minimum Gasteiger partial charge on any atom is -0.494 e. The normalized spacial score (nSPS) is 13.7. The van der Waals surface area contributed by atoms with Crippen molar-refractivity contribution in [2.45, 2.75) is 18.0 Å². The van der Waals surface area contributed by atoms with Crippen molar-refractivity contribution >= 4 is 11.0 Å². The minimum absolute atomic E-state index is 0.0406. The van der Waals surface area contributed by atoms with Crippen molar-refractivity contribution < 1.29 is 35.5 Å². The van der Waals surface area contributed by atoms with Crippen molar-refractivity contribution in [1.82, 2.24) is 9.97 Å². The number of methoxy groups -OCH3 is 1. The Morgan fingerprint density at radius 2 is 1.67 bits per heavy atom. The molecule has 1 N–H and O–H groups in total. The lowest BCUT2D eigenvalue weighted by Crippen LogP contribution is -2.50. The average Bonchev–Trinajstić information content (AvgIpc) is 2.81. The van der Waals surface area contributed by atoms with Gasteiger partial charge in [0.2, 0.25) is 0 Å². The molecule has 0 atom stereocenters. The lowest BCUT2D eigenvalue weighted by molar-refractivity contribution is -0.361. The fourth-order valence-corrected chi connectivity index (χ4v) is 1.65. The number of alkyl halides is 7. The van der Waals surface area contributed by atoms with Crippen LogP contribution in [-0.2, 0) is 5.92 Å². The second-order valence-electron chi connectivity index (χ2n) is 4.09. The van der Waals surface area contributed by atoms with E-state index in [0.29, 0.717) is 0 Å². The van der Waals surface area contributed by atoms with Crippen LogP contribution in [0.3, 0.4) is 0 Å². The summed E-state index contributed by atoms with van der Waals surface area (Å²) in [4.78, 5) is 4.89. The molecule has 0 aliphatic heterocycles. The van der Waals surface area contributed by atoms with Crippen LogP contribution < -0.4 is 4.74 Å². The lowest BCUT2D eigenvalue weighted by Gasteiger charge is -2.26. The van der Waals surface area contributed by atoms with Gasteiger partial charge in [-0.25, -0.2) is 4.98 Å². The van der Waals surface area contributed by atoms with Crippen molar-refractivity contribution in [2.75, 3.05) is 7.11 Å². The molecule has 0 saturated carbocycles. The molecular formula is C11H7F7N2O. The van der Waals surface area contributed by atoms with Gasteiger partial charge in [0.05, 0.1) is 12.6 Å². The zero-order valence-electron chi connectivity index (χ0n) is 10.2. The van der Waals surface area contributed by atoms with E-state index >= 15 is 0 Å². The molecule has 0 spiro atoms. The molecule has 0 saturated heterocycles. The first kappa shape index (κ1) is 15.4. The van der Waals surface area contributed by atoms with Gasteiger partial charge in [0, 0.05) is 0 Å². The Labute approximate surface area is 112 Å². The Bertz CT molecular complexity index is 662. The van der Waals surface area contributed by atoms with Gasteiger partial charge in [0.15, 0.2) is 5.82 Å². The minimum atomic E-state index is -6.42. The molecule has 1 aromatic carbocycles. The maximum atomic E-state index is 13.5. The van der Waals surface area contributed by atoms with Crippen LogP contribution in [0.25, 0.3) is 11.0 Å². The molecule has 2 aromatic rings. The topological polar surface area (TPSA) is 37.9 Å². The summed E-state index contributed by atoms with van der Waals surface area (Å²) >= 11 is 0. The number of hydrogen-bond acceptors (Lipinski definition) is 2. The SMILES string of the molecule is COc1cccc2[nH]c(C(F)(F)C(F)(F)C(F)(F)F)nc12. The summed E-state index contributed by atoms with van der Waals surface area (Å²) < 4.78 is 94.0. The molecular weight excluding hydrogens is 309 g/mol. The molecule has 1 aromatic heterocycles. The summed E-state index contributed by atoms with van der Waals surface area (Å²) in [6.45, 7) is 0. The van der Waals surface area contributed by atoms with Crippen LogP contribution in [0.15, 0.2) is 18.2 Å². The van der Waals surface area contributed by atoms with Crippen molar-refractivity contribution in [3.63, 3.8) is 0 Å². The zero-order chi connectivity index (χ0) is 16.1. The van der Waals surface area contributed by atoms with E-state index in [-0.39, 0.29) is 16.8 Å². The number of imidazole rings is 1. The van der Waals surface area contributed by atoms with Crippen molar-refractivity contribution in [3.8, 4) is 5.75 Å². The quantitative estimate of drug-likeness (QED) is 0.873. The van der Waals surface area contributed by atoms with Crippen LogP contribution in [-0.4, -0.2) is 29.2 Å². The van der Waals surface area contributed by atoms with Gasteiger partial charge >= 0.3 is 18.0 Å². The summed E-state index contributed by atoms with van der Waals surface area (Å²) in [5.41, 5.74) is -0.422. The predicted molar refractivity (Wildman–Crippen MR) is 57.5 cm³/mol. The van der Waals surface area contributed by atoms with Crippen molar-refractivity contribution in [1.29, 1.82) is 0 Å². The maximum absolute atomic E-state index is 13.5. The van der Waals surface area contributed by atoms with Crippen LogP contribution in [0.4, 0.5) is 30.7 Å². The highest BCUT2D eigenvalue weighted by atomic mass is 19.4. The van der Waals surface area contributed by atoms with Gasteiger partial charge in [0.25, 0.3) is 0 Å². The molecule has 3 nitrogen and oxygen atoms in total. The van der Waals surface area contributed by atoms with Crippen LogP contribution in [0.1, 0.15) is 5.82 Å². The molecule has 2 rings (SSSR count). The average molecular weight is 316 g/mol. The van der Waals surface area contributed by atoms with E-state index in [1.807, 2.05) is 0 Å². The monoisotopic (exact) mass is 316 g/mol. The number of para-hydroxylation sites is 1. The highest BCUT2D eigenvalue weighted by molar-refractivity contribution is 5.81. The molecule has 116 valence electrons. The summed E-state index contributed by atoms with van der Waals surface area (Å²) in [5.74, 6) is -13.6. The van der Waals surface area contributed by atoms with E-state index in [1.54, 1.807) is 4.98 Å². The smallest absolute Gasteiger partial charge is 0.460 e. The van der Waals surface area contributed by atoms with Gasteiger partial charge < -0.3 is 9.72 Å². The first-order valence-corrected chi connectivity index (χ1v) is 5.38. The van der Waals surface area contributed by atoms with Crippen LogP contribution in [0, 0.1) is 0 Å². The fourth-order valence-electron chi connectivity index (χ4n) is 1.65. The first-order chi connectivity index (χ1) is 9.52. The lowest BCUT2D eigenvalue weighted by atomic mass is 10.1. The van der Waals surface area contributed by atoms with Gasteiger partial charge in [-0.3, -0.25) is 0 Å². The standard InChI is InChI=1S/C11H7F7N2O/c1-21-6-4-2-3-5-7(6)20-8(19-5)9(12,13)10(14,15)11(16,17)18/h2-4H,1H3,(H,19,20). The Morgan fingerprint density at radius 1 is 1.05 bits per heavy atom. The number of nitrogens with zero attached hydrogens (tertiary/aromatic N) is 1. The van der Waals surface area contributed by atoms with Gasteiger partial charge in [-0.05, 0) is 12.1 Å². The van der Waals surface area contributed by atoms with Crippen LogP contribution >= 0.6 is 0 Å². The molecule has 0 aliphatic rings. The number of ether oxygens (including phenoxy) is 1. The largest absolute Gasteiger partial charge is 0.494 e. The van der Waals surface area contributed by atoms with Crippen LogP contribution in [0.2, 0.25) is 0 Å². The third-order valence-electron chi connectivity index (χ3n) is 2.74. The predicted octanol–water partition coefficient (Wildman–Crippen LogP) is 3.86. The summed E-state index contributed by atoms with van der Waals surface area (Å²) in [5, 5.41) is 0. The van der Waals surface area contributed by atoms with E-state index in [4.69, 9.17) is 4.74 Å². The van der Waals surface area contributed by atoms with Crippen molar-refractivity contribution in [2.24, 2.45) is 0 Å². The number of fused-ring (bicyclic) bond motifs is 1. The molecule has 1 heterocycles. The highest BCUT2D eigenvalue weighted by Crippen LogP contribution is 2.51. The molecule has 0 aliphatic carbocycles. The van der Waals surface area contributed by atoms with E-state index in [2.05, 4.69) is 4.98 Å². The van der Waals surface area contributed by atoms with Gasteiger partial charge in [-0.15, -0.1) is 0 Å². The van der Waals surface area contributed by atoms with E-state index < -0.39 is 23.8 Å². The number of hydrogen-bond donors (Lipinski definition) is 1. The third kappa shape index (κ3) is 2.18. The number of H-pyrrole nitrogens is 1. The van der Waals surface area contributed by atoms with E-state index in [9.17, 15) is 30.7 Å². The van der Waals surface area contributed by atoms with Gasteiger partial charge in [-0.2, -0.15) is 30.7 Å². The summed E-state index contributed by atoms with van der Waals surface area (Å²) in [7, 11) is 1.17. The number of benzene rings is 1. The van der Waals surface area contributed by atoms with Crippen LogP contribution in [0.5, 0.6) is 5.75 Å². The highest BCUT2D eigenvalue weighted by Gasteiger charge is 2.74. The summed E-state index contributed by atoms with van der Waals surface area (Å²) in [6.07, 6.45) is -6.42. The number of halogens is 7. The number of aromatic nitrogens is 2. The Kier molecular flexibility index (Phi) is 3.30. The molecule has 10 heteroatoms. The second kappa shape index (κ2) is 4.50. The van der Waals surface area contributed by atoms with E-state index in [0.717, 1.165) is 0 Å². The second-order valence-corrected chi connectivity index (χ2v) is 4.09. The molecule has 0 unspecified atom stereocenters. The molecule has 0 bridgehead atoms. The van der Waals surface area contributed by atoms with E-state index in [1.165, 1.54) is 25.3 Å². The number of aromatic amines is 1. The fraction of sp³-hybridized carbons (Fsp3) is 0.364. The first-order valence-electron chi connectivity index (χ1n) is 5.38. The Hall–Kier alpha value is -2.00. The van der Waals surface area contributed by atoms with Gasteiger partial charge in [0.1, 0.15) is 11.3 Å². The number of nitrogens with one attached hydrogen (secondary N) is 1. The molecule has 0 amide bonds. The summed E-state index contributed by atoms with van der Waals surface area (Å²) in [6, 6.07) is 3.83. The third-order valence-corrected chi connectivity index (χ3v) is 2.74.